The summed E-state index contributed by atoms with van der Waals surface area (Å²) in [5.41, 5.74) is -3.80. The molecular weight excluding hydrogens is 398 g/mol. The number of amides is 1. The van der Waals surface area contributed by atoms with Gasteiger partial charge in [-0.1, -0.05) is 11.6 Å². The zero-order chi connectivity index (χ0) is 19.7. The highest BCUT2D eigenvalue weighted by Crippen LogP contribution is 2.33. The van der Waals surface area contributed by atoms with E-state index in [1.165, 1.54) is 24.3 Å². The standard InChI is InChI=1S/C16H12ClF4NO3S/c1-15(24,16(19,20)21)14(23)22-13-7-6-11(8-12(13)17)26(25)10-4-2-9(18)3-5-10/h2-8,24H,1H3,(H,22,23). The predicted octanol–water partition coefficient (Wildman–Crippen LogP) is 3.90. The SMILES string of the molecule is CC(O)(C(=O)Nc1ccc(S(=O)c2ccc(F)cc2)cc1Cl)C(F)(F)F. The van der Waals surface area contributed by atoms with Crippen LogP contribution in [-0.2, 0) is 15.6 Å². The average Bonchev–Trinajstić information content (AvgIpc) is 2.55. The number of carbonyl (C=O) groups excluding carboxylic acids is 1. The molecule has 0 radical (unpaired) electrons. The van der Waals surface area contributed by atoms with Gasteiger partial charge in [0.05, 0.1) is 21.5 Å². The molecule has 2 rings (SSSR count). The summed E-state index contributed by atoms with van der Waals surface area (Å²) in [6, 6.07) is 8.52. The topological polar surface area (TPSA) is 66.4 Å². The molecule has 2 N–H and O–H groups in total. The molecule has 2 aromatic rings. The lowest BCUT2D eigenvalue weighted by molar-refractivity contribution is -0.242. The van der Waals surface area contributed by atoms with Crippen molar-refractivity contribution in [2.24, 2.45) is 0 Å². The van der Waals surface area contributed by atoms with E-state index in [1.54, 1.807) is 0 Å². The minimum absolute atomic E-state index is 0.177. The highest BCUT2D eigenvalue weighted by atomic mass is 35.5. The van der Waals surface area contributed by atoms with Crippen LogP contribution in [0.25, 0.3) is 0 Å². The maximum absolute atomic E-state index is 12.9. The van der Waals surface area contributed by atoms with Crippen LogP contribution in [0.1, 0.15) is 6.92 Å². The van der Waals surface area contributed by atoms with Crippen LogP contribution in [0.3, 0.4) is 0 Å². The van der Waals surface area contributed by atoms with E-state index in [9.17, 15) is 31.7 Å². The molecular formula is C16H12ClF4NO3S. The van der Waals surface area contributed by atoms with Crippen molar-refractivity contribution in [1.29, 1.82) is 0 Å². The van der Waals surface area contributed by atoms with Crippen LogP contribution < -0.4 is 5.32 Å². The molecule has 0 aliphatic rings. The zero-order valence-electron chi connectivity index (χ0n) is 13.1. The van der Waals surface area contributed by atoms with E-state index in [0.717, 1.165) is 18.2 Å². The van der Waals surface area contributed by atoms with Crippen molar-refractivity contribution in [2.45, 2.75) is 28.5 Å². The van der Waals surface area contributed by atoms with E-state index in [0.29, 0.717) is 11.8 Å². The molecule has 140 valence electrons. The van der Waals surface area contributed by atoms with E-state index < -0.39 is 34.3 Å². The Balaban J connectivity index is 2.23. The first-order chi connectivity index (χ1) is 11.9. The quantitative estimate of drug-likeness (QED) is 0.753. The molecule has 2 aromatic carbocycles. The molecule has 10 heteroatoms. The van der Waals surface area contributed by atoms with Crippen LogP contribution in [0.2, 0.25) is 5.02 Å². The van der Waals surface area contributed by atoms with Crippen molar-refractivity contribution in [1.82, 2.24) is 0 Å². The Bertz CT molecular complexity index is 854. The summed E-state index contributed by atoms with van der Waals surface area (Å²) in [7, 11) is -1.71. The number of rotatable bonds is 4. The number of carbonyl (C=O) groups is 1. The Labute approximate surface area is 153 Å². The average molecular weight is 410 g/mol. The summed E-state index contributed by atoms with van der Waals surface area (Å²) >= 11 is 5.92. The van der Waals surface area contributed by atoms with Crippen molar-refractivity contribution in [3.63, 3.8) is 0 Å². The Morgan fingerprint density at radius 1 is 1.12 bits per heavy atom. The second-order valence-corrected chi connectivity index (χ2v) is 7.28. The van der Waals surface area contributed by atoms with Crippen LogP contribution in [-0.4, -0.2) is 27.0 Å². The van der Waals surface area contributed by atoms with Crippen LogP contribution in [0.5, 0.6) is 0 Å². The number of halogens is 5. The summed E-state index contributed by atoms with van der Waals surface area (Å²) in [4.78, 5) is 12.2. The van der Waals surface area contributed by atoms with Crippen LogP contribution in [0.4, 0.5) is 23.2 Å². The molecule has 2 atom stereocenters. The predicted molar refractivity (Wildman–Crippen MR) is 87.8 cm³/mol. The maximum atomic E-state index is 12.9. The van der Waals surface area contributed by atoms with Gasteiger partial charge in [-0.05, 0) is 49.4 Å². The lowest BCUT2D eigenvalue weighted by Crippen LogP contribution is -2.52. The number of hydrogen-bond acceptors (Lipinski definition) is 3. The molecule has 0 aliphatic heterocycles. The third-order valence-corrected chi connectivity index (χ3v) is 5.12. The highest BCUT2D eigenvalue weighted by molar-refractivity contribution is 7.85. The third kappa shape index (κ3) is 4.22. The van der Waals surface area contributed by atoms with Crippen LogP contribution in [0, 0.1) is 5.82 Å². The fraction of sp³-hybridized carbons (Fsp3) is 0.188. The summed E-state index contributed by atoms with van der Waals surface area (Å²) in [6.45, 7) is 0.314. The lowest BCUT2D eigenvalue weighted by Gasteiger charge is -2.25. The molecule has 4 nitrogen and oxygen atoms in total. The first-order valence-electron chi connectivity index (χ1n) is 7.01. The Hall–Kier alpha value is -1.97. The van der Waals surface area contributed by atoms with E-state index >= 15 is 0 Å². The highest BCUT2D eigenvalue weighted by Gasteiger charge is 2.55. The Morgan fingerprint density at radius 2 is 1.65 bits per heavy atom. The maximum Gasteiger partial charge on any atom is 0.426 e. The first-order valence-corrected chi connectivity index (χ1v) is 8.53. The molecule has 0 aromatic heterocycles. The summed E-state index contributed by atoms with van der Waals surface area (Å²) in [5.74, 6) is -2.21. The summed E-state index contributed by atoms with van der Waals surface area (Å²) < 4.78 is 63.3. The van der Waals surface area contributed by atoms with Gasteiger partial charge in [-0.3, -0.25) is 4.79 Å². The molecule has 0 bridgehead atoms. The first kappa shape index (κ1) is 20.3. The number of aliphatic hydroxyl groups is 1. The second kappa shape index (κ2) is 7.34. The molecule has 0 saturated heterocycles. The Kier molecular flexibility index (Phi) is 5.74. The minimum Gasteiger partial charge on any atom is -0.373 e. The minimum atomic E-state index is -5.17. The molecule has 0 saturated carbocycles. The summed E-state index contributed by atoms with van der Waals surface area (Å²) in [6.07, 6.45) is -5.17. The van der Waals surface area contributed by atoms with E-state index in [2.05, 4.69) is 0 Å². The number of anilines is 1. The number of nitrogens with one attached hydrogen (secondary N) is 1. The van der Waals surface area contributed by atoms with Crippen molar-refractivity contribution in [3.8, 4) is 0 Å². The van der Waals surface area contributed by atoms with Gasteiger partial charge in [-0.25, -0.2) is 8.60 Å². The van der Waals surface area contributed by atoms with E-state index in [1.807, 2.05) is 5.32 Å². The van der Waals surface area contributed by atoms with Crippen molar-refractivity contribution in [2.75, 3.05) is 5.32 Å². The molecule has 2 unspecified atom stereocenters. The van der Waals surface area contributed by atoms with Gasteiger partial charge in [-0.15, -0.1) is 0 Å². The van der Waals surface area contributed by atoms with Crippen molar-refractivity contribution >= 4 is 34.0 Å². The lowest BCUT2D eigenvalue weighted by atomic mass is 10.1. The van der Waals surface area contributed by atoms with Gasteiger partial charge in [-0.2, -0.15) is 13.2 Å². The number of benzene rings is 2. The second-order valence-electron chi connectivity index (χ2n) is 5.39. The molecule has 0 aliphatic carbocycles. The largest absolute Gasteiger partial charge is 0.426 e. The molecule has 0 fully saturated rings. The molecule has 0 heterocycles. The van der Waals surface area contributed by atoms with Crippen LogP contribution in [0.15, 0.2) is 52.3 Å². The van der Waals surface area contributed by atoms with Gasteiger partial charge in [0.15, 0.2) is 0 Å². The molecule has 26 heavy (non-hydrogen) atoms. The molecule has 1 amide bonds. The fourth-order valence-electron chi connectivity index (χ4n) is 1.78. The van der Waals surface area contributed by atoms with Gasteiger partial charge < -0.3 is 10.4 Å². The summed E-state index contributed by atoms with van der Waals surface area (Å²) in [5, 5.41) is 11.0. The normalized spacial score (nSPS) is 15.2. The van der Waals surface area contributed by atoms with Crippen molar-refractivity contribution < 1.29 is 31.7 Å². The van der Waals surface area contributed by atoms with Gasteiger partial charge in [0.25, 0.3) is 5.91 Å². The van der Waals surface area contributed by atoms with Gasteiger partial charge >= 0.3 is 6.18 Å². The zero-order valence-corrected chi connectivity index (χ0v) is 14.7. The van der Waals surface area contributed by atoms with Crippen molar-refractivity contribution in [3.05, 3.63) is 53.3 Å². The van der Waals surface area contributed by atoms with E-state index in [-0.39, 0.29) is 15.6 Å². The van der Waals surface area contributed by atoms with Gasteiger partial charge in [0, 0.05) is 9.79 Å². The molecule has 0 spiro atoms. The Morgan fingerprint density at radius 3 is 2.15 bits per heavy atom. The van der Waals surface area contributed by atoms with Gasteiger partial charge in [0.2, 0.25) is 5.60 Å². The fourth-order valence-corrected chi connectivity index (χ4v) is 3.14. The monoisotopic (exact) mass is 409 g/mol. The number of hydrogen-bond donors (Lipinski definition) is 2. The third-order valence-electron chi connectivity index (χ3n) is 3.42. The van der Waals surface area contributed by atoms with E-state index in [4.69, 9.17) is 11.6 Å². The van der Waals surface area contributed by atoms with Crippen LogP contribution >= 0.6 is 11.6 Å². The van der Waals surface area contributed by atoms with Gasteiger partial charge in [0.1, 0.15) is 5.82 Å². The number of alkyl halides is 3. The smallest absolute Gasteiger partial charge is 0.373 e.